The molecule has 0 radical (unpaired) electrons. The maximum Gasteiger partial charge on any atom is 0.0561 e. The third kappa shape index (κ3) is 3.95. The summed E-state index contributed by atoms with van der Waals surface area (Å²) < 4.78 is 0. The first-order chi connectivity index (χ1) is 8.45. The van der Waals surface area contributed by atoms with Gasteiger partial charge in [0.05, 0.1) is 5.69 Å². The molecule has 0 heterocycles. The minimum absolute atomic E-state index is 0.983. The number of rotatable bonds is 4. The van der Waals surface area contributed by atoms with Crippen molar-refractivity contribution in [2.45, 2.75) is 0 Å². The molecule has 2 aromatic carbocycles. The standard InChI is InChI=1S/C15H14N2/c1-3-8-14(9-4-1)10-7-13-16-17-15-11-5-2-6-12-15/h1-13,17H/b10-7+,16-13?. The first-order valence-corrected chi connectivity index (χ1v) is 5.51. The average Bonchev–Trinajstić information content (AvgIpc) is 2.41. The molecule has 0 aliphatic rings. The average molecular weight is 222 g/mol. The topological polar surface area (TPSA) is 24.4 Å². The SMILES string of the molecule is C(/C=C/c1ccccc1)=NNc1ccccc1. The smallest absolute Gasteiger partial charge is 0.0561 e. The molecule has 2 heteroatoms. The van der Waals surface area contributed by atoms with Gasteiger partial charge >= 0.3 is 0 Å². The summed E-state index contributed by atoms with van der Waals surface area (Å²) in [4.78, 5) is 0. The van der Waals surface area contributed by atoms with Crippen molar-refractivity contribution in [1.29, 1.82) is 0 Å². The van der Waals surface area contributed by atoms with E-state index in [1.807, 2.05) is 60.7 Å². The van der Waals surface area contributed by atoms with Crippen molar-refractivity contribution < 1.29 is 0 Å². The van der Waals surface area contributed by atoms with Crippen LogP contribution in [0.15, 0.2) is 71.8 Å². The number of nitrogens with one attached hydrogen (secondary N) is 1. The lowest BCUT2D eigenvalue weighted by molar-refractivity contribution is 1.36. The molecule has 0 aromatic heterocycles. The molecule has 84 valence electrons. The molecule has 0 saturated carbocycles. The zero-order valence-corrected chi connectivity index (χ0v) is 9.45. The van der Waals surface area contributed by atoms with Crippen LogP contribution in [0, 0.1) is 0 Å². The lowest BCUT2D eigenvalue weighted by Gasteiger charge is -1.96. The van der Waals surface area contributed by atoms with Crippen LogP contribution in [0.5, 0.6) is 0 Å². The maximum absolute atomic E-state index is 4.09. The van der Waals surface area contributed by atoms with Crippen LogP contribution in [0.3, 0.4) is 0 Å². The quantitative estimate of drug-likeness (QED) is 0.617. The molecule has 0 amide bonds. The van der Waals surface area contributed by atoms with Gasteiger partial charge in [-0.25, -0.2) is 0 Å². The number of benzene rings is 2. The first-order valence-electron chi connectivity index (χ1n) is 5.51. The third-order valence-corrected chi connectivity index (χ3v) is 2.22. The monoisotopic (exact) mass is 222 g/mol. The van der Waals surface area contributed by atoms with E-state index in [4.69, 9.17) is 0 Å². The highest BCUT2D eigenvalue weighted by Gasteiger charge is 1.83. The number of nitrogens with zero attached hydrogens (tertiary/aromatic N) is 1. The highest BCUT2D eigenvalue weighted by Crippen LogP contribution is 2.04. The van der Waals surface area contributed by atoms with Gasteiger partial charge in [0.2, 0.25) is 0 Å². The van der Waals surface area contributed by atoms with Crippen LogP contribution in [0.4, 0.5) is 5.69 Å². The molecule has 2 aromatic rings. The van der Waals surface area contributed by atoms with Gasteiger partial charge in [-0.1, -0.05) is 54.6 Å². The Morgan fingerprint density at radius 1 is 0.824 bits per heavy atom. The van der Waals surface area contributed by atoms with Crippen molar-refractivity contribution in [2.24, 2.45) is 5.10 Å². The summed E-state index contributed by atoms with van der Waals surface area (Å²) in [5.74, 6) is 0. The summed E-state index contributed by atoms with van der Waals surface area (Å²) in [6, 6.07) is 20.0. The molecule has 0 aliphatic heterocycles. The summed E-state index contributed by atoms with van der Waals surface area (Å²) in [6.07, 6.45) is 5.65. The predicted molar refractivity (Wildman–Crippen MR) is 74.0 cm³/mol. The van der Waals surface area contributed by atoms with Crippen LogP contribution < -0.4 is 5.43 Å². The molecule has 2 nitrogen and oxygen atoms in total. The summed E-state index contributed by atoms with van der Waals surface area (Å²) in [5.41, 5.74) is 5.10. The van der Waals surface area contributed by atoms with Gasteiger partial charge in [-0.05, 0) is 23.8 Å². The second-order valence-electron chi connectivity index (χ2n) is 3.53. The molecule has 2 rings (SSSR count). The largest absolute Gasteiger partial charge is 0.279 e. The van der Waals surface area contributed by atoms with E-state index in [-0.39, 0.29) is 0 Å². The molecule has 0 spiro atoms. The Hall–Kier alpha value is -2.35. The predicted octanol–water partition coefficient (Wildman–Crippen LogP) is 3.80. The number of allylic oxidation sites excluding steroid dienone is 1. The minimum Gasteiger partial charge on any atom is -0.279 e. The van der Waals surface area contributed by atoms with Crippen molar-refractivity contribution in [2.75, 3.05) is 5.43 Å². The lowest BCUT2D eigenvalue weighted by atomic mass is 10.2. The van der Waals surface area contributed by atoms with E-state index in [9.17, 15) is 0 Å². The van der Waals surface area contributed by atoms with Crippen molar-refractivity contribution >= 4 is 18.0 Å². The second kappa shape index (κ2) is 6.28. The molecule has 0 atom stereocenters. The van der Waals surface area contributed by atoms with Crippen molar-refractivity contribution in [1.82, 2.24) is 0 Å². The van der Waals surface area contributed by atoms with E-state index >= 15 is 0 Å². The van der Waals surface area contributed by atoms with Crippen LogP contribution in [0.25, 0.3) is 6.08 Å². The van der Waals surface area contributed by atoms with Gasteiger partial charge in [0.1, 0.15) is 0 Å². The number of hydrogen-bond donors (Lipinski definition) is 1. The molecule has 0 fully saturated rings. The zero-order chi connectivity index (χ0) is 11.8. The Bertz CT molecular complexity index is 487. The zero-order valence-electron chi connectivity index (χ0n) is 9.45. The molecule has 0 saturated heterocycles. The Kier molecular flexibility index (Phi) is 4.12. The van der Waals surface area contributed by atoms with Crippen molar-refractivity contribution in [3.8, 4) is 0 Å². The van der Waals surface area contributed by atoms with Gasteiger partial charge in [-0.15, -0.1) is 0 Å². The Labute approximate surface area is 101 Å². The van der Waals surface area contributed by atoms with E-state index in [0.717, 1.165) is 5.69 Å². The van der Waals surface area contributed by atoms with Gasteiger partial charge in [0.15, 0.2) is 0 Å². The number of anilines is 1. The molecular weight excluding hydrogens is 208 g/mol. The fraction of sp³-hybridized carbons (Fsp3) is 0. The molecule has 0 aliphatic carbocycles. The molecule has 0 bridgehead atoms. The fourth-order valence-electron chi connectivity index (χ4n) is 1.39. The number of hydrogen-bond acceptors (Lipinski definition) is 2. The summed E-state index contributed by atoms with van der Waals surface area (Å²) in [6.45, 7) is 0. The second-order valence-corrected chi connectivity index (χ2v) is 3.53. The summed E-state index contributed by atoms with van der Waals surface area (Å²) in [5, 5.41) is 4.09. The van der Waals surface area contributed by atoms with Gasteiger partial charge in [0.25, 0.3) is 0 Å². The molecular formula is C15H14N2. The Balaban J connectivity index is 1.85. The van der Waals surface area contributed by atoms with Crippen LogP contribution in [0.2, 0.25) is 0 Å². The highest BCUT2D eigenvalue weighted by molar-refractivity contribution is 5.78. The van der Waals surface area contributed by atoms with Gasteiger partial charge in [0, 0.05) is 6.21 Å². The van der Waals surface area contributed by atoms with Gasteiger partial charge in [-0.2, -0.15) is 5.10 Å². The normalized spacial score (nSPS) is 11.1. The van der Waals surface area contributed by atoms with E-state index in [2.05, 4.69) is 22.7 Å². The molecule has 1 N–H and O–H groups in total. The molecule has 17 heavy (non-hydrogen) atoms. The highest BCUT2D eigenvalue weighted by atomic mass is 15.3. The van der Waals surface area contributed by atoms with E-state index in [1.54, 1.807) is 6.21 Å². The summed E-state index contributed by atoms with van der Waals surface area (Å²) in [7, 11) is 0. The van der Waals surface area contributed by atoms with Crippen LogP contribution >= 0.6 is 0 Å². The Morgan fingerprint density at radius 3 is 2.18 bits per heavy atom. The molecule has 0 unspecified atom stereocenters. The number of hydrazone groups is 1. The maximum atomic E-state index is 4.09. The van der Waals surface area contributed by atoms with Crippen molar-refractivity contribution in [3.63, 3.8) is 0 Å². The fourth-order valence-corrected chi connectivity index (χ4v) is 1.39. The lowest BCUT2D eigenvalue weighted by Crippen LogP contribution is -1.86. The minimum atomic E-state index is 0.983. The van der Waals surface area contributed by atoms with Crippen LogP contribution in [-0.2, 0) is 0 Å². The summed E-state index contributed by atoms with van der Waals surface area (Å²) >= 11 is 0. The van der Waals surface area contributed by atoms with E-state index in [1.165, 1.54) is 5.56 Å². The van der Waals surface area contributed by atoms with E-state index in [0.29, 0.717) is 0 Å². The Morgan fingerprint density at radius 2 is 1.47 bits per heavy atom. The van der Waals surface area contributed by atoms with Crippen molar-refractivity contribution in [3.05, 3.63) is 72.3 Å². The van der Waals surface area contributed by atoms with E-state index < -0.39 is 0 Å². The first kappa shape index (κ1) is 11.1. The third-order valence-electron chi connectivity index (χ3n) is 2.22. The van der Waals surface area contributed by atoms with Crippen LogP contribution in [0.1, 0.15) is 5.56 Å². The van der Waals surface area contributed by atoms with Crippen LogP contribution in [-0.4, -0.2) is 6.21 Å². The van der Waals surface area contributed by atoms with Gasteiger partial charge < -0.3 is 0 Å². The number of para-hydroxylation sites is 1. The van der Waals surface area contributed by atoms with Gasteiger partial charge in [-0.3, -0.25) is 5.43 Å².